The van der Waals surface area contributed by atoms with Crippen LogP contribution in [-0.4, -0.2) is 0 Å². The molecule has 2 rings (SSSR count). The van der Waals surface area contributed by atoms with Crippen LogP contribution in [0, 0.1) is 19.7 Å². The van der Waals surface area contributed by atoms with Crippen molar-refractivity contribution in [1.29, 1.82) is 0 Å². The number of benzene rings is 2. The van der Waals surface area contributed by atoms with Crippen LogP contribution >= 0.6 is 0 Å². The van der Waals surface area contributed by atoms with Gasteiger partial charge in [-0.1, -0.05) is 31.2 Å². The van der Waals surface area contributed by atoms with E-state index in [-0.39, 0.29) is 11.9 Å². The van der Waals surface area contributed by atoms with Crippen LogP contribution in [0.15, 0.2) is 36.4 Å². The molecule has 1 atom stereocenters. The predicted octanol–water partition coefficient (Wildman–Crippen LogP) is 4.52. The van der Waals surface area contributed by atoms with E-state index in [0.717, 1.165) is 34.2 Å². The molecule has 0 radical (unpaired) electrons. The second kappa shape index (κ2) is 5.54. The quantitative estimate of drug-likeness (QED) is 0.859. The Morgan fingerprint density at radius 3 is 2.05 bits per heavy atom. The number of hydrogen-bond donors (Lipinski definition) is 1. The van der Waals surface area contributed by atoms with E-state index in [0.29, 0.717) is 0 Å². The maximum absolute atomic E-state index is 13.3. The molecule has 0 saturated heterocycles. The van der Waals surface area contributed by atoms with E-state index >= 15 is 0 Å². The van der Waals surface area contributed by atoms with Crippen LogP contribution in [0.4, 0.5) is 4.39 Å². The molecule has 0 amide bonds. The minimum Gasteiger partial charge on any atom is -0.324 e. The van der Waals surface area contributed by atoms with Gasteiger partial charge in [0.15, 0.2) is 0 Å². The summed E-state index contributed by atoms with van der Waals surface area (Å²) in [7, 11) is 0. The van der Waals surface area contributed by atoms with Gasteiger partial charge in [0.25, 0.3) is 0 Å². The smallest absolute Gasteiger partial charge is 0.123 e. The first-order valence-electron chi connectivity index (χ1n) is 6.65. The third kappa shape index (κ3) is 2.85. The zero-order chi connectivity index (χ0) is 14.0. The van der Waals surface area contributed by atoms with Crippen molar-refractivity contribution in [3.05, 3.63) is 58.9 Å². The van der Waals surface area contributed by atoms with Crippen molar-refractivity contribution in [3.63, 3.8) is 0 Å². The molecule has 2 aromatic carbocycles. The highest BCUT2D eigenvalue weighted by atomic mass is 19.1. The summed E-state index contributed by atoms with van der Waals surface area (Å²) in [5, 5.41) is 0. The van der Waals surface area contributed by atoms with E-state index in [4.69, 9.17) is 5.73 Å². The van der Waals surface area contributed by atoms with Gasteiger partial charge in [0.05, 0.1) is 0 Å². The first kappa shape index (κ1) is 13.8. The van der Waals surface area contributed by atoms with Crippen molar-refractivity contribution in [2.45, 2.75) is 33.2 Å². The molecular weight excluding hydrogens is 237 g/mol. The van der Waals surface area contributed by atoms with Crippen LogP contribution < -0.4 is 5.73 Å². The highest BCUT2D eigenvalue weighted by Gasteiger charge is 2.09. The largest absolute Gasteiger partial charge is 0.324 e. The average Bonchev–Trinajstić information content (AvgIpc) is 2.37. The highest BCUT2D eigenvalue weighted by Crippen LogP contribution is 2.29. The van der Waals surface area contributed by atoms with E-state index < -0.39 is 0 Å². The Hall–Kier alpha value is -1.67. The zero-order valence-electron chi connectivity index (χ0n) is 11.7. The van der Waals surface area contributed by atoms with Gasteiger partial charge in [-0.05, 0) is 60.2 Å². The molecule has 2 heteroatoms. The molecule has 0 bridgehead atoms. The number of halogens is 1. The summed E-state index contributed by atoms with van der Waals surface area (Å²) in [5.74, 6) is -0.177. The number of nitrogens with two attached hydrogens (primary N) is 1. The molecule has 100 valence electrons. The van der Waals surface area contributed by atoms with Crippen LogP contribution in [0.2, 0.25) is 0 Å². The standard InChI is InChI=1S/C17H20FN/c1-4-16(19)13-5-7-14(8-6-13)17-11(2)9-15(18)10-12(17)3/h5-10,16H,4,19H2,1-3H3. The monoisotopic (exact) mass is 257 g/mol. The van der Waals surface area contributed by atoms with Crippen molar-refractivity contribution >= 4 is 0 Å². The maximum Gasteiger partial charge on any atom is 0.123 e. The van der Waals surface area contributed by atoms with E-state index in [9.17, 15) is 4.39 Å². The molecule has 0 heterocycles. The van der Waals surface area contributed by atoms with E-state index in [2.05, 4.69) is 31.2 Å². The van der Waals surface area contributed by atoms with Gasteiger partial charge in [0.2, 0.25) is 0 Å². The van der Waals surface area contributed by atoms with Gasteiger partial charge in [0, 0.05) is 6.04 Å². The van der Waals surface area contributed by atoms with Crippen LogP contribution in [0.3, 0.4) is 0 Å². The van der Waals surface area contributed by atoms with E-state index in [1.54, 1.807) is 12.1 Å². The van der Waals surface area contributed by atoms with Crippen LogP contribution in [0.25, 0.3) is 11.1 Å². The fourth-order valence-corrected chi connectivity index (χ4v) is 2.50. The lowest BCUT2D eigenvalue weighted by Gasteiger charge is -2.13. The molecule has 0 saturated carbocycles. The summed E-state index contributed by atoms with van der Waals surface area (Å²) >= 11 is 0. The average molecular weight is 257 g/mol. The topological polar surface area (TPSA) is 26.0 Å². The summed E-state index contributed by atoms with van der Waals surface area (Å²) in [6.07, 6.45) is 0.925. The number of rotatable bonds is 3. The summed E-state index contributed by atoms with van der Waals surface area (Å²) in [6, 6.07) is 11.5. The Balaban J connectivity index is 2.43. The van der Waals surface area contributed by atoms with Crippen molar-refractivity contribution in [2.24, 2.45) is 5.73 Å². The first-order valence-corrected chi connectivity index (χ1v) is 6.65. The molecule has 19 heavy (non-hydrogen) atoms. The molecule has 1 unspecified atom stereocenters. The van der Waals surface area contributed by atoms with Gasteiger partial charge in [-0.3, -0.25) is 0 Å². The van der Waals surface area contributed by atoms with Crippen molar-refractivity contribution < 1.29 is 4.39 Å². The van der Waals surface area contributed by atoms with Crippen molar-refractivity contribution in [1.82, 2.24) is 0 Å². The molecule has 0 fully saturated rings. The Morgan fingerprint density at radius 2 is 1.58 bits per heavy atom. The Kier molecular flexibility index (Phi) is 4.01. The van der Waals surface area contributed by atoms with Gasteiger partial charge < -0.3 is 5.73 Å². The fraction of sp³-hybridized carbons (Fsp3) is 0.294. The molecule has 2 N–H and O–H groups in total. The van der Waals surface area contributed by atoms with Gasteiger partial charge in [-0.2, -0.15) is 0 Å². The maximum atomic E-state index is 13.3. The Morgan fingerprint density at radius 1 is 1.05 bits per heavy atom. The summed E-state index contributed by atoms with van der Waals surface area (Å²) in [5.41, 5.74) is 11.3. The highest BCUT2D eigenvalue weighted by molar-refractivity contribution is 5.71. The predicted molar refractivity (Wildman–Crippen MR) is 78.5 cm³/mol. The third-order valence-electron chi connectivity index (χ3n) is 3.56. The van der Waals surface area contributed by atoms with Gasteiger partial charge in [-0.15, -0.1) is 0 Å². The van der Waals surface area contributed by atoms with Gasteiger partial charge in [0.1, 0.15) is 5.82 Å². The van der Waals surface area contributed by atoms with Gasteiger partial charge >= 0.3 is 0 Å². The molecule has 0 spiro atoms. The minimum absolute atomic E-state index is 0.0875. The lowest BCUT2D eigenvalue weighted by atomic mass is 9.94. The summed E-state index contributed by atoms with van der Waals surface area (Å²) < 4.78 is 13.3. The second-order valence-corrected chi connectivity index (χ2v) is 5.05. The van der Waals surface area contributed by atoms with Crippen LogP contribution in [0.1, 0.15) is 36.1 Å². The second-order valence-electron chi connectivity index (χ2n) is 5.05. The molecular formula is C17H20FN. The molecule has 0 aliphatic rings. The van der Waals surface area contributed by atoms with E-state index in [1.165, 1.54) is 0 Å². The number of hydrogen-bond acceptors (Lipinski definition) is 1. The molecule has 0 aliphatic carbocycles. The molecule has 2 aromatic rings. The van der Waals surface area contributed by atoms with E-state index in [1.807, 2.05) is 13.8 Å². The summed E-state index contributed by atoms with van der Waals surface area (Å²) in [4.78, 5) is 0. The first-order chi connectivity index (χ1) is 9.02. The Labute approximate surface area is 114 Å². The lowest BCUT2D eigenvalue weighted by Crippen LogP contribution is -2.08. The molecule has 0 aromatic heterocycles. The fourth-order valence-electron chi connectivity index (χ4n) is 2.50. The lowest BCUT2D eigenvalue weighted by molar-refractivity contribution is 0.625. The Bertz CT molecular complexity index is 549. The number of aryl methyl sites for hydroxylation is 2. The molecule has 0 aliphatic heterocycles. The normalized spacial score (nSPS) is 12.5. The molecule has 1 nitrogen and oxygen atoms in total. The summed E-state index contributed by atoms with van der Waals surface area (Å²) in [6.45, 7) is 5.96. The third-order valence-corrected chi connectivity index (χ3v) is 3.56. The SMILES string of the molecule is CCC(N)c1ccc(-c2c(C)cc(F)cc2C)cc1. The van der Waals surface area contributed by atoms with Crippen LogP contribution in [0.5, 0.6) is 0 Å². The van der Waals surface area contributed by atoms with Crippen LogP contribution in [-0.2, 0) is 0 Å². The van der Waals surface area contributed by atoms with Gasteiger partial charge in [-0.25, -0.2) is 4.39 Å². The van der Waals surface area contributed by atoms with Crippen molar-refractivity contribution in [3.8, 4) is 11.1 Å². The van der Waals surface area contributed by atoms with Crippen molar-refractivity contribution in [2.75, 3.05) is 0 Å². The minimum atomic E-state index is -0.177. The zero-order valence-corrected chi connectivity index (χ0v) is 11.7.